The van der Waals surface area contributed by atoms with Crippen molar-refractivity contribution in [2.24, 2.45) is 5.73 Å². The van der Waals surface area contributed by atoms with Crippen LogP contribution in [0.2, 0.25) is 0 Å². The van der Waals surface area contributed by atoms with E-state index in [4.69, 9.17) is 10.3 Å². The third-order valence-corrected chi connectivity index (χ3v) is 3.02. The van der Waals surface area contributed by atoms with Crippen LogP contribution in [0.4, 0.5) is 0 Å². The first-order valence-electron chi connectivity index (χ1n) is 5.67. The highest BCUT2D eigenvalue weighted by atomic mass is 32.2. The van der Waals surface area contributed by atoms with Crippen molar-refractivity contribution in [2.75, 3.05) is 6.54 Å². The average molecular weight is 273 g/mol. The fraction of sp³-hybridized carbons (Fsp3) is 0.417. The zero-order valence-corrected chi connectivity index (χ0v) is 11.6. The molecule has 0 atom stereocenters. The molecule has 1 aromatic carbocycles. The maximum atomic E-state index is 11.2. The van der Waals surface area contributed by atoms with Crippen LogP contribution in [-0.4, -0.2) is 25.3 Å². The second-order valence-corrected chi connectivity index (χ2v) is 4.81. The van der Waals surface area contributed by atoms with Crippen LogP contribution < -0.4 is 5.73 Å². The van der Waals surface area contributed by atoms with E-state index >= 15 is 0 Å². The van der Waals surface area contributed by atoms with E-state index < -0.39 is 10.1 Å². The fourth-order valence-corrected chi connectivity index (χ4v) is 1.97. The molecule has 0 fully saturated rings. The second kappa shape index (κ2) is 7.25. The Balaban J connectivity index is 0.00000137. The highest BCUT2D eigenvalue weighted by Crippen LogP contribution is 2.17. The standard InChI is InChI=1S/C10H13NO4S.C2H6/c1-7(12)10-3-2-9(16(13,14)15)6-8(10)4-5-11;1-2/h2-3,6H,4-5,11H2,1H3,(H,13,14,15);1-2H3. The van der Waals surface area contributed by atoms with E-state index in [0.717, 1.165) is 0 Å². The van der Waals surface area contributed by atoms with E-state index in [2.05, 4.69) is 0 Å². The largest absolute Gasteiger partial charge is 0.330 e. The Morgan fingerprint density at radius 3 is 2.28 bits per heavy atom. The maximum absolute atomic E-state index is 11.2. The molecule has 0 aliphatic rings. The molecule has 1 rings (SSSR count). The number of hydrogen-bond donors (Lipinski definition) is 2. The van der Waals surface area contributed by atoms with Gasteiger partial charge in [0.25, 0.3) is 10.1 Å². The van der Waals surface area contributed by atoms with Gasteiger partial charge in [0.05, 0.1) is 4.90 Å². The number of benzene rings is 1. The summed E-state index contributed by atoms with van der Waals surface area (Å²) in [5, 5.41) is 0. The minimum absolute atomic E-state index is 0.162. The SMILES string of the molecule is CC.CC(=O)c1ccc(S(=O)(=O)O)cc1CCN. The topological polar surface area (TPSA) is 97.5 Å². The summed E-state index contributed by atoms with van der Waals surface area (Å²) in [5.74, 6) is -0.162. The summed E-state index contributed by atoms with van der Waals surface area (Å²) in [6.45, 7) is 5.69. The minimum Gasteiger partial charge on any atom is -0.330 e. The molecule has 6 heteroatoms. The molecule has 0 aliphatic heterocycles. The molecule has 0 saturated carbocycles. The zero-order chi connectivity index (χ0) is 14.3. The third-order valence-electron chi connectivity index (χ3n) is 2.17. The van der Waals surface area contributed by atoms with E-state index in [-0.39, 0.29) is 10.7 Å². The van der Waals surface area contributed by atoms with Crippen molar-refractivity contribution in [3.05, 3.63) is 29.3 Å². The second-order valence-electron chi connectivity index (χ2n) is 3.39. The van der Waals surface area contributed by atoms with Gasteiger partial charge in [-0.15, -0.1) is 0 Å². The molecule has 0 aliphatic carbocycles. The first-order valence-corrected chi connectivity index (χ1v) is 7.11. The first kappa shape index (κ1) is 16.8. The van der Waals surface area contributed by atoms with Crippen LogP contribution in [0.3, 0.4) is 0 Å². The quantitative estimate of drug-likeness (QED) is 0.642. The van der Waals surface area contributed by atoms with E-state index in [1.54, 1.807) is 0 Å². The lowest BCUT2D eigenvalue weighted by atomic mass is 10.0. The van der Waals surface area contributed by atoms with Gasteiger partial charge in [-0.1, -0.05) is 13.8 Å². The van der Waals surface area contributed by atoms with Crippen LogP contribution in [0.15, 0.2) is 23.1 Å². The molecule has 102 valence electrons. The molecule has 0 radical (unpaired) electrons. The van der Waals surface area contributed by atoms with Crippen molar-refractivity contribution in [2.45, 2.75) is 32.1 Å². The summed E-state index contributed by atoms with van der Waals surface area (Å²) in [4.78, 5) is 11.0. The number of carbonyl (C=O) groups is 1. The van der Waals surface area contributed by atoms with Crippen molar-refractivity contribution in [1.82, 2.24) is 0 Å². The minimum atomic E-state index is -4.24. The third kappa shape index (κ3) is 4.56. The molecule has 1 aromatic rings. The van der Waals surface area contributed by atoms with Gasteiger partial charge < -0.3 is 5.73 Å². The summed E-state index contributed by atoms with van der Waals surface area (Å²) in [7, 11) is -4.24. The summed E-state index contributed by atoms with van der Waals surface area (Å²) in [6.07, 6.45) is 0.387. The highest BCUT2D eigenvalue weighted by Gasteiger charge is 2.14. The Morgan fingerprint density at radius 2 is 1.89 bits per heavy atom. The van der Waals surface area contributed by atoms with E-state index in [9.17, 15) is 13.2 Å². The van der Waals surface area contributed by atoms with Crippen molar-refractivity contribution in [1.29, 1.82) is 0 Å². The van der Waals surface area contributed by atoms with Gasteiger partial charge in [0.15, 0.2) is 5.78 Å². The van der Waals surface area contributed by atoms with Gasteiger partial charge >= 0.3 is 0 Å². The lowest BCUT2D eigenvalue weighted by Gasteiger charge is -2.07. The Hall–Kier alpha value is -1.24. The molecule has 0 saturated heterocycles. The Morgan fingerprint density at radius 1 is 1.33 bits per heavy atom. The molecule has 0 spiro atoms. The molecule has 0 aromatic heterocycles. The van der Waals surface area contributed by atoms with Crippen molar-refractivity contribution in [3.63, 3.8) is 0 Å². The van der Waals surface area contributed by atoms with Gasteiger partial charge in [-0.2, -0.15) is 8.42 Å². The predicted molar refractivity (Wildman–Crippen MR) is 70.4 cm³/mol. The van der Waals surface area contributed by atoms with Crippen LogP contribution in [0.5, 0.6) is 0 Å². The van der Waals surface area contributed by atoms with Gasteiger partial charge in [-0.25, -0.2) is 0 Å². The summed E-state index contributed by atoms with van der Waals surface area (Å²) >= 11 is 0. The molecule has 0 heterocycles. The number of ketones is 1. The van der Waals surface area contributed by atoms with Crippen molar-refractivity contribution >= 4 is 15.9 Å². The number of Topliss-reactive ketones (excluding diaryl/α,β-unsaturated/α-hetero) is 1. The van der Waals surface area contributed by atoms with Crippen LogP contribution in [0, 0.1) is 0 Å². The lowest BCUT2D eigenvalue weighted by Crippen LogP contribution is -2.09. The molecular weight excluding hydrogens is 254 g/mol. The molecular formula is C12H19NO4S. The van der Waals surface area contributed by atoms with Crippen LogP contribution in [0.1, 0.15) is 36.7 Å². The van der Waals surface area contributed by atoms with Gasteiger partial charge in [0.2, 0.25) is 0 Å². The van der Waals surface area contributed by atoms with Gasteiger partial charge in [-0.3, -0.25) is 9.35 Å². The smallest absolute Gasteiger partial charge is 0.294 e. The molecule has 18 heavy (non-hydrogen) atoms. The molecule has 0 unspecified atom stereocenters. The van der Waals surface area contributed by atoms with Crippen LogP contribution >= 0.6 is 0 Å². The fourth-order valence-electron chi connectivity index (χ4n) is 1.44. The summed E-state index contributed by atoms with van der Waals surface area (Å²) in [6, 6.07) is 3.86. The molecule has 0 amide bonds. The van der Waals surface area contributed by atoms with Gasteiger partial charge in [0, 0.05) is 5.56 Å². The number of rotatable bonds is 4. The Bertz CT molecular complexity index is 509. The molecule has 0 bridgehead atoms. The summed E-state index contributed by atoms with van der Waals surface area (Å²) < 4.78 is 30.7. The lowest BCUT2D eigenvalue weighted by molar-refractivity contribution is 0.101. The van der Waals surface area contributed by atoms with E-state index in [0.29, 0.717) is 24.1 Å². The van der Waals surface area contributed by atoms with Gasteiger partial charge in [0.1, 0.15) is 0 Å². The van der Waals surface area contributed by atoms with Crippen LogP contribution in [-0.2, 0) is 16.5 Å². The van der Waals surface area contributed by atoms with Crippen LogP contribution in [0.25, 0.3) is 0 Å². The van der Waals surface area contributed by atoms with Crippen molar-refractivity contribution < 1.29 is 17.8 Å². The monoisotopic (exact) mass is 273 g/mol. The average Bonchev–Trinajstić information content (AvgIpc) is 2.30. The maximum Gasteiger partial charge on any atom is 0.294 e. The van der Waals surface area contributed by atoms with Crippen molar-refractivity contribution in [3.8, 4) is 0 Å². The normalized spacial score (nSPS) is 10.5. The van der Waals surface area contributed by atoms with E-state index in [1.807, 2.05) is 13.8 Å². The molecule has 5 nitrogen and oxygen atoms in total. The van der Waals surface area contributed by atoms with Gasteiger partial charge in [-0.05, 0) is 43.7 Å². The molecule has 3 N–H and O–H groups in total. The number of carbonyl (C=O) groups excluding carboxylic acids is 1. The summed E-state index contributed by atoms with van der Waals surface area (Å²) in [5.41, 5.74) is 6.33. The highest BCUT2D eigenvalue weighted by molar-refractivity contribution is 7.85. The first-order chi connectivity index (χ1) is 8.36. The number of nitrogens with two attached hydrogens (primary N) is 1. The zero-order valence-electron chi connectivity index (χ0n) is 10.8. The Labute approximate surface area is 108 Å². The predicted octanol–water partition coefficient (Wildman–Crippen LogP) is 1.66. The Kier molecular flexibility index (Phi) is 6.75. The number of hydrogen-bond acceptors (Lipinski definition) is 4. The van der Waals surface area contributed by atoms with E-state index in [1.165, 1.54) is 25.1 Å².